The first-order chi connectivity index (χ1) is 7.76. The number of carbonyl (C=O) groups excluding carboxylic acids is 1. The number of carbonyl (C=O) groups is 1. The maximum absolute atomic E-state index is 10.6. The van der Waals surface area contributed by atoms with Gasteiger partial charge in [-0.05, 0) is 30.4 Å². The molecule has 86 valence electrons. The van der Waals surface area contributed by atoms with Gasteiger partial charge in [-0.2, -0.15) is 0 Å². The molecular formula is C14H19NO. The lowest BCUT2D eigenvalue weighted by molar-refractivity contribution is -0.105. The highest BCUT2D eigenvalue weighted by Crippen LogP contribution is 2.13. The van der Waals surface area contributed by atoms with Crippen LogP contribution in [0.3, 0.4) is 0 Å². The van der Waals surface area contributed by atoms with Gasteiger partial charge in [0.2, 0.25) is 0 Å². The fraction of sp³-hybridized carbons (Fsp3) is 0.357. The summed E-state index contributed by atoms with van der Waals surface area (Å²) in [4.78, 5) is 10.6. The van der Waals surface area contributed by atoms with Crippen molar-refractivity contribution in [2.75, 3.05) is 6.54 Å². The van der Waals surface area contributed by atoms with Crippen LogP contribution in [-0.2, 0) is 4.79 Å². The number of aldehydes is 1. The zero-order valence-corrected chi connectivity index (χ0v) is 9.78. The summed E-state index contributed by atoms with van der Waals surface area (Å²) < 4.78 is 0. The van der Waals surface area contributed by atoms with Crippen molar-refractivity contribution in [1.29, 1.82) is 0 Å². The van der Waals surface area contributed by atoms with Crippen molar-refractivity contribution >= 4 is 6.29 Å². The summed E-state index contributed by atoms with van der Waals surface area (Å²) in [5.74, 6) is 0.406. The maximum atomic E-state index is 10.6. The van der Waals surface area contributed by atoms with Crippen molar-refractivity contribution in [2.24, 2.45) is 5.92 Å². The van der Waals surface area contributed by atoms with E-state index in [1.54, 1.807) is 0 Å². The number of rotatable bonds is 6. The molecule has 1 rings (SSSR count). The summed E-state index contributed by atoms with van der Waals surface area (Å²) in [6.07, 6.45) is 12.9. The second-order valence-corrected chi connectivity index (χ2v) is 3.94. The van der Waals surface area contributed by atoms with Crippen LogP contribution < -0.4 is 5.32 Å². The van der Waals surface area contributed by atoms with Crippen LogP contribution in [0.5, 0.6) is 0 Å². The molecule has 0 saturated heterocycles. The molecule has 1 aliphatic rings. The van der Waals surface area contributed by atoms with E-state index in [-0.39, 0.29) is 0 Å². The van der Waals surface area contributed by atoms with Gasteiger partial charge in [0.15, 0.2) is 0 Å². The van der Waals surface area contributed by atoms with Crippen LogP contribution in [0.1, 0.15) is 19.8 Å². The van der Waals surface area contributed by atoms with Gasteiger partial charge in [-0.15, -0.1) is 6.58 Å². The predicted octanol–water partition coefficient (Wildman–Crippen LogP) is 2.76. The Balaban J connectivity index is 2.36. The lowest BCUT2D eigenvalue weighted by atomic mass is 10.0. The molecule has 0 aromatic rings. The molecule has 0 radical (unpaired) electrons. The third-order valence-corrected chi connectivity index (χ3v) is 2.53. The second kappa shape index (κ2) is 6.83. The number of nitrogens with one attached hydrogen (secondary N) is 1. The largest absolute Gasteiger partial charge is 0.382 e. The first-order valence-electron chi connectivity index (χ1n) is 5.65. The lowest BCUT2D eigenvalue weighted by Crippen LogP contribution is -2.14. The molecule has 0 aliphatic heterocycles. The standard InChI is InChI=1S/C14H19NO/c1-3-12(2)6-5-9-15-14-8-4-7-13(10-14)11-16/h3,5-6,8,10-12,15H,1,4,7,9H2,2H3/b6-5+. The van der Waals surface area contributed by atoms with Gasteiger partial charge in [-0.25, -0.2) is 0 Å². The van der Waals surface area contributed by atoms with E-state index < -0.39 is 0 Å². The number of hydrogen-bond donors (Lipinski definition) is 1. The third kappa shape index (κ3) is 4.30. The number of hydrogen-bond acceptors (Lipinski definition) is 2. The van der Waals surface area contributed by atoms with E-state index in [4.69, 9.17) is 0 Å². The minimum atomic E-state index is 0.406. The van der Waals surface area contributed by atoms with Gasteiger partial charge >= 0.3 is 0 Å². The third-order valence-electron chi connectivity index (χ3n) is 2.53. The molecule has 0 aromatic heterocycles. The van der Waals surface area contributed by atoms with Crippen molar-refractivity contribution in [3.63, 3.8) is 0 Å². The zero-order chi connectivity index (χ0) is 11.8. The van der Waals surface area contributed by atoms with Crippen molar-refractivity contribution in [3.05, 3.63) is 48.2 Å². The SMILES string of the molecule is C=CC(C)/C=C/CNC1=CCCC(C=O)=C1. The summed E-state index contributed by atoms with van der Waals surface area (Å²) in [5, 5.41) is 3.27. The van der Waals surface area contributed by atoms with Crippen LogP contribution in [0.15, 0.2) is 48.2 Å². The van der Waals surface area contributed by atoms with Gasteiger partial charge in [0.05, 0.1) is 0 Å². The van der Waals surface area contributed by atoms with Crippen LogP contribution in [0, 0.1) is 5.92 Å². The molecule has 0 fully saturated rings. The first-order valence-corrected chi connectivity index (χ1v) is 5.65. The highest BCUT2D eigenvalue weighted by molar-refractivity contribution is 5.74. The topological polar surface area (TPSA) is 29.1 Å². The summed E-state index contributed by atoms with van der Waals surface area (Å²) in [5.41, 5.74) is 1.91. The molecule has 1 aliphatic carbocycles. The Kier molecular flexibility index (Phi) is 5.34. The Morgan fingerprint density at radius 1 is 1.62 bits per heavy atom. The molecule has 0 saturated carbocycles. The van der Waals surface area contributed by atoms with Crippen LogP contribution in [-0.4, -0.2) is 12.8 Å². The highest BCUT2D eigenvalue weighted by atomic mass is 16.1. The molecule has 0 spiro atoms. The van der Waals surface area contributed by atoms with E-state index in [1.165, 1.54) is 0 Å². The Bertz CT molecular complexity index is 337. The Labute approximate surface area is 97.4 Å². The van der Waals surface area contributed by atoms with Crippen molar-refractivity contribution in [3.8, 4) is 0 Å². The number of allylic oxidation sites excluding steroid dienone is 5. The fourth-order valence-corrected chi connectivity index (χ4v) is 1.48. The van der Waals surface area contributed by atoms with Crippen molar-refractivity contribution in [2.45, 2.75) is 19.8 Å². The smallest absolute Gasteiger partial charge is 0.146 e. The van der Waals surface area contributed by atoms with E-state index in [0.717, 1.165) is 36.9 Å². The Morgan fingerprint density at radius 3 is 3.12 bits per heavy atom. The zero-order valence-electron chi connectivity index (χ0n) is 9.78. The minimum Gasteiger partial charge on any atom is -0.382 e. The van der Waals surface area contributed by atoms with E-state index in [9.17, 15) is 4.79 Å². The Morgan fingerprint density at radius 2 is 2.44 bits per heavy atom. The molecule has 1 atom stereocenters. The van der Waals surface area contributed by atoms with E-state index in [1.807, 2.05) is 12.2 Å². The Hall–Kier alpha value is -1.57. The molecular weight excluding hydrogens is 198 g/mol. The van der Waals surface area contributed by atoms with E-state index >= 15 is 0 Å². The first kappa shape index (κ1) is 12.5. The maximum Gasteiger partial charge on any atom is 0.146 e. The predicted molar refractivity (Wildman–Crippen MR) is 68.0 cm³/mol. The van der Waals surface area contributed by atoms with Gasteiger partial charge in [0.1, 0.15) is 6.29 Å². The van der Waals surface area contributed by atoms with Crippen molar-refractivity contribution in [1.82, 2.24) is 5.32 Å². The molecule has 0 heterocycles. The average Bonchev–Trinajstić information content (AvgIpc) is 2.34. The minimum absolute atomic E-state index is 0.406. The molecule has 0 bridgehead atoms. The van der Waals surface area contributed by atoms with Crippen molar-refractivity contribution < 1.29 is 4.79 Å². The van der Waals surface area contributed by atoms with Gasteiger partial charge in [-0.3, -0.25) is 4.79 Å². The van der Waals surface area contributed by atoms with Gasteiger partial charge < -0.3 is 5.32 Å². The van der Waals surface area contributed by atoms with Crippen LogP contribution in [0.2, 0.25) is 0 Å². The summed E-state index contributed by atoms with van der Waals surface area (Å²) in [6.45, 7) is 6.59. The van der Waals surface area contributed by atoms with E-state index in [0.29, 0.717) is 5.92 Å². The van der Waals surface area contributed by atoms with Crippen LogP contribution in [0.4, 0.5) is 0 Å². The second-order valence-electron chi connectivity index (χ2n) is 3.94. The molecule has 1 unspecified atom stereocenters. The normalized spacial score (nSPS) is 17.6. The molecule has 16 heavy (non-hydrogen) atoms. The lowest BCUT2D eigenvalue weighted by Gasteiger charge is -2.11. The molecule has 1 N–H and O–H groups in total. The van der Waals surface area contributed by atoms with Gasteiger partial charge in [0.25, 0.3) is 0 Å². The molecule has 0 amide bonds. The van der Waals surface area contributed by atoms with Gasteiger partial charge in [-0.1, -0.05) is 31.2 Å². The van der Waals surface area contributed by atoms with Crippen LogP contribution >= 0.6 is 0 Å². The monoisotopic (exact) mass is 217 g/mol. The fourth-order valence-electron chi connectivity index (χ4n) is 1.48. The van der Waals surface area contributed by atoms with E-state index in [2.05, 4.69) is 37.0 Å². The average molecular weight is 217 g/mol. The quantitative estimate of drug-likeness (QED) is 0.547. The molecule has 2 heteroatoms. The summed E-state index contributed by atoms with van der Waals surface area (Å²) in [7, 11) is 0. The molecule has 0 aromatic carbocycles. The molecule has 2 nitrogen and oxygen atoms in total. The summed E-state index contributed by atoms with van der Waals surface area (Å²) in [6, 6.07) is 0. The van der Waals surface area contributed by atoms with Gasteiger partial charge in [0, 0.05) is 12.2 Å². The van der Waals surface area contributed by atoms with Crippen LogP contribution in [0.25, 0.3) is 0 Å². The highest BCUT2D eigenvalue weighted by Gasteiger charge is 2.02. The summed E-state index contributed by atoms with van der Waals surface area (Å²) >= 11 is 0.